The molecule has 1 aromatic heterocycles. The molecule has 3 nitrogen and oxygen atoms in total. The SMILES string of the molecule is CCc1nn(C)cc1C(N)Cc1cccc(C)c1. The van der Waals surface area contributed by atoms with Crippen LogP contribution < -0.4 is 5.73 Å². The van der Waals surface area contributed by atoms with Crippen molar-refractivity contribution in [2.75, 3.05) is 0 Å². The quantitative estimate of drug-likeness (QED) is 0.896. The molecule has 18 heavy (non-hydrogen) atoms. The lowest BCUT2D eigenvalue weighted by Gasteiger charge is -2.11. The molecule has 0 saturated carbocycles. The van der Waals surface area contributed by atoms with E-state index in [0.717, 1.165) is 18.5 Å². The molecule has 96 valence electrons. The topological polar surface area (TPSA) is 43.8 Å². The Morgan fingerprint density at radius 1 is 1.39 bits per heavy atom. The first-order valence-corrected chi connectivity index (χ1v) is 6.43. The van der Waals surface area contributed by atoms with Crippen molar-refractivity contribution < 1.29 is 0 Å². The van der Waals surface area contributed by atoms with Gasteiger partial charge in [0, 0.05) is 24.8 Å². The van der Waals surface area contributed by atoms with Crippen molar-refractivity contribution in [3.63, 3.8) is 0 Å². The molecular weight excluding hydrogens is 222 g/mol. The van der Waals surface area contributed by atoms with E-state index in [4.69, 9.17) is 5.73 Å². The van der Waals surface area contributed by atoms with Gasteiger partial charge in [-0.2, -0.15) is 5.10 Å². The third kappa shape index (κ3) is 2.79. The number of nitrogens with zero attached hydrogens (tertiary/aromatic N) is 2. The predicted molar refractivity (Wildman–Crippen MR) is 74.4 cm³/mol. The van der Waals surface area contributed by atoms with Gasteiger partial charge in [0.2, 0.25) is 0 Å². The minimum absolute atomic E-state index is 0.0236. The first-order chi connectivity index (χ1) is 8.60. The zero-order chi connectivity index (χ0) is 13.1. The zero-order valence-corrected chi connectivity index (χ0v) is 11.4. The number of hydrogen-bond donors (Lipinski definition) is 1. The number of aryl methyl sites for hydroxylation is 3. The lowest BCUT2D eigenvalue weighted by Crippen LogP contribution is -2.14. The van der Waals surface area contributed by atoms with Gasteiger partial charge in [-0.05, 0) is 25.3 Å². The Hall–Kier alpha value is -1.61. The van der Waals surface area contributed by atoms with Gasteiger partial charge in [0.15, 0.2) is 0 Å². The van der Waals surface area contributed by atoms with Crippen LogP contribution in [-0.2, 0) is 19.9 Å². The summed E-state index contributed by atoms with van der Waals surface area (Å²) >= 11 is 0. The molecule has 2 N–H and O–H groups in total. The highest BCUT2D eigenvalue weighted by atomic mass is 15.3. The molecule has 2 aromatic rings. The predicted octanol–water partition coefficient (Wildman–Crippen LogP) is 2.53. The first kappa shape index (κ1) is 12.8. The van der Waals surface area contributed by atoms with Crippen LogP contribution in [0, 0.1) is 6.92 Å². The summed E-state index contributed by atoms with van der Waals surface area (Å²) in [6.45, 7) is 4.22. The largest absolute Gasteiger partial charge is 0.324 e. The van der Waals surface area contributed by atoms with E-state index in [9.17, 15) is 0 Å². The maximum atomic E-state index is 6.31. The van der Waals surface area contributed by atoms with Crippen LogP contribution in [0.2, 0.25) is 0 Å². The molecule has 0 aliphatic heterocycles. The summed E-state index contributed by atoms with van der Waals surface area (Å²) in [4.78, 5) is 0. The van der Waals surface area contributed by atoms with Gasteiger partial charge >= 0.3 is 0 Å². The molecule has 0 radical (unpaired) electrons. The highest BCUT2D eigenvalue weighted by molar-refractivity contribution is 5.27. The Morgan fingerprint density at radius 2 is 2.17 bits per heavy atom. The monoisotopic (exact) mass is 243 g/mol. The van der Waals surface area contributed by atoms with Crippen LogP contribution in [0.1, 0.15) is 35.3 Å². The first-order valence-electron chi connectivity index (χ1n) is 6.43. The molecule has 2 rings (SSSR count). The molecule has 1 unspecified atom stereocenters. The van der Waals surface area contributed by atoms with Crippen molar-refractivity contribution in [1.29, 1.82) is 0 Å². The van der Waals surface area contributed by atoms with Gasteiger partial charge in [-0.1, -0.05) is 36.8 Å². The van der Waals surface area contributed by atoms with Crippen molar-refractivity contribution in [2.24, 2.45) is 12.8 Å². The van der Waals surface area contributed by atoms with E-state index >= 15 is 0 Å². The molecule has 0 saturated heterocycles. The minimum atomic E-state index is 0.0236. The van der Waals surface area contributed by atoms with Gasteiger partial charge in [-0.25, -0.2) is 0 Å². The van der Waals surface area contributed by atoms with Crippen LogP contribution in [0.3, 0.4) is 0 Å². The Kier molecular flexibility index (Phi) is 3.82. The average Bonchev–Trinajstić information content (AvgIpc) is 2.70. The number of rotatable bonds is 4. The third-order valence-electron chi connectivity index (χ3n) is 3.21. The van der Waals surface area contributed by atoms with Gasteiger partial charge in [-0.15, -0.1) is 0 Å². The molecule has 1 heterocycles. The van der Waals surface area contributed by atoms with Gasteiger partial charge < -0.3 is 5.73 Å². The summed E-state index contributed by atoms with van der Waals surface area (Å²) in [6, 6.07) is 8.55. The van der Waals surface area contributed by atoms with Gasteiger partial charge in [-0.3, -0.25) is 4.68 Å². The van der Waals surface area contributed by atoms with E-state index < -0.39 is 0 Å². The van der Waals surface area contributed by atoms with E-state index in [2.05, 4.69) is 43.2 Å². The molecule has 0 amide bonds. The summed E-state index contributed by atoms with van der Waals surface area (Å²) in [5.41, 5.74) is 11.2. The van der Waals surface area contributed by atoms with E-state index in [-0.39, 0.29) is 6.04 Å². The fraction of sp³-hybridized carbons (Fsp3) is 0.400. The summed E-state index contributed by atoms with van der Waals surface area (Å²) in [7, 11) is 1.95. The van der Waals surface area contributed by atoms with Gasteiger partial charge in [0.1, 0.15) is 0 Å². The van der Waals surface area contributed by atoms with Gasteiger partial charge in [0.25, 0.3) is 0 Å². The van der Waals surface area contributed by atoms with Crippen LogP contribution in [0.15, 0.2) is 30.5 Å². The fourth-order valence-corrected chi connectivity index (χ4v) is 2.34. The van der Waals surface area contributed by atoms with E-state index in [1.165, 1.54) is 16.7 Å². The molecule has 0 fully saturated rings. The smallest absolute Gasteiger partial charge is 0.0669 e. The van der Waals surface area contributed by atoms with Crippen LogP contribution >= 0.6 is 0 Å². The third-order valence-corrected chi connectivity index (χ3v) is 3.21. The second kappa shape index (κ2) is 5.36. The molecule has 0 spiro atoms. The molecule has 3 heteroatoms. The Morgan fingerprint density at radius 3 is 2.83 bits per heavy atom. The zero-order valence-electron chi connectivity index (χ0n) is 11.4. The maximum Gasteiger partial charge on any atom is 0.0669 e. The average molecular weight is 243 g/mol. The number of nitrogens with two attached hydrogens (primary N) is 1. The van der Waals surface area contributed by atoms with Crippen molar-refractivity contribution in [3.8, 4) is 0 Å². The van der Waals surface area contributed by atoms with Gasteiger partial charge in [0.05, 0.1) is 5.69 Å². The Bertz CT molecular complexity index is 528. The molecule has 0 aliphatic carbocycles. The minimum Gasteiger partial charge on any atom is -0.324 e. The highest BCUT2D eigenvalue weighted by Crippen LogP contribution is 2.20. The fourth-order valence-electron chi connectivity index (χ4n) is 2.34. The molecule has 0 aliphatic rings. The molecule has 0 bridgehead atoms. The Labute approximate surface area is 109 Å². The van der Waals surface area contributed by atoms with E-state index in [0.29, 0.717) is 0 Å². The summed E-state index contributed by atoms with van der Waals surface area (Å²) in [5.74, 6) is 0. The van der Waals surface area contributed by atoms with Crippen LogP contribution in [0.25, 0.3) is 0 Å². The molecular formula is C15H21N3. The number of benzene rings is 1. The maximum absolute atomic E-state index is 6.31. The van der Waals surface area contributed by atoms with Crippen LogP contribution in [0.4, 0.5) is 0 Å². The normalized spacial score (nSPS) is 12.7. The lowest BCUT2D eigenvalue weighted by atomic mass is 9.98. The van der Waals surface area contributed by atoms with Crippen molar-refractivity contribution in [2.45, 2.75) is 32.7 Å². The molecule has 1 aromatic carbocycles. The highest BCUT2D eigenvalue weighted by Gasteiger charge is 2.14. The molecule has 1 atom stereocenters. The van der Waals surface area contributed by atoms with Crippen molar-refractivity contribution >= 4 is 0 Å². The second-order valence-electron chi connectivity index (χ2n) is 4.86. The summed E-state index contributed by atoms with van der Waals surface area (Å²) < 4.78 is 1.85. The summed E-state index contributed by atoms with van der Waals surface area (Å²) in [6.07, 6.45) is 3.83. The van der Waals surface area contributed by atoms with Crippen LogP contribution in [-0.4, -0.2) is 9.78 Å². The van der Waals surface area contributed by atoms with E-state index in [1.54, 1.807) is 0 Å². The standard InChI is InChI=1S/C15H21N3/c1-4-15-13(10-18(3)17-15)14(16)9-12-7-5-6-11(2)8-12/h5-8,10,14H,4,9,16H2,1-3H3. The number of aromatic nitrogens is 2. The Balaban J connectivity index is 2.18. The van der Waals surface area contributed by atoms with Crippen molar-refractivity contribution in [1.82, 2.24) is 9.78 Å². The lowest BCUT2D eigenvalue weighted by molar-refractivity contribution is 0.711. The van der Waals surface area contributed by atoms with Crippen LogP contribution in [0.5, 0.6) is 0 Å². The van der Waals surface area contributed by atoms with E-state index in [1.807, 2.05) is 17.9 Å². The second-order valence-corrected chi connectivity index (χ2v) is 4.86. The number of hydrogen-bond acceptors (Lipinski definition) is 2. The van der Waals surface area contributed by atoms with Crippen molar-refractivity contribution in [3.05, 3.63) is 52.8 Å². The summed E-state index contributed by atoms with van der Waals surface area (Å²) in [5, 5.41) is 4.45.